The van der Waals surface area contributed by atoms with Crippen molar-refractivity contribution in [2.24, 2.45) is 0 Å². The molecule has 4 heterocycles. The zero-order chi connectivity index (χ0) is 26.3. The molecule has 0 spiro atoms. The van der Waals surface area contributed by atoms with Gasteiger partial charge in [-0.15, -0.1) is 0 Å². The number of aryl methyl sites for hydroxylation is 1. The molecule has 0 saturated carbocycles. The number of nitrogens with one attached hydrogen (secondary N) is 2. The highest BCUT2D eigenvalue weighted by Gasteiger charge is 2.37. The lowest BCUT2D eigenvalue weighted by Gasteiger charge is -2.20. The van der Waals surface area contributed by atoms with E-state index < -0.39 is 6.10 Å². The molecule has 0 unspecified atom stereocenters. The summed E-state index contributed by atoms with van der Waals surface area (Å²) in [5.74, 6) is 0.973. The molecule has 4 bridgehead atoms. The van der Waals surface area contributed by atoms with E-state index in [1.54, 1.807) is 28.0 Å². The molecule has 38 heavy (non-hydrogen) atoms. The van der Waals surface area contributed by atoms with Crippen LogP contribution in [0.1, 0.15) is 24.0 Å². The van der Waals surface area contributed by atoms with E-state index in [9.17, 15) is 14.4 Å². The first-order valence-electron chi connectivity index (χ1n) is 12.8. The number of rotatable bonds is 2. The molecule has 3 aromatic rings. The summed E-state index contributed by atoms with van der Waals surface area (Å²) >= 11 is 0. The Balaban J connectivity index is 1.31. The molecule has 10 nitrogen and oxygen atoms in total. The summed E-state index contributed by atoms with van der Waals surface area (Å²) in [6.45, 7) is 1.34. The quantitative estimate of drug-likeness (QED) is 0.538. The van der Waals surface area contributed by atoms with Crippen LogP contribution in [-0.2, 0) is 38.7 Å². The van der Waals surface area contributed by atoms with Crippen molar-refractivity contribution in [1.29, 1.82) is 0 Å². The molecule has 3 aliphatic heterocycles. The highest BCUT2D eigenvalue weighted by atomic mass is 16.5. The third kappa shape index (κ3) is 6.77. The van der Waals surface area contributed by atoms with Crippen LogP contribution in [0, 0.1) is 0 Å². The minimum Gasteiger partial charge on any atom is -0.457 e. The molecule has 1 fully saturated rings. The lowest BCUT2D eigenvalue weighted by atomic mass is 10.1. The van der Waals surface area contributed by atoms with E-state index in [1.165, 1.54) is 0 Å². The number of nitrogens with zero attached hydrogens (tertiary/aromatic N) is 3. The van der Waals surface area contributed by atoms with Gasteiger partial charge in [0.2, 0.25) is 17.7 Å². The van der Waals surface area contributed by atoms with Gasteiger partial charge in [-0.2, -0.15) is 5.10 Å². The van der Waals surface area contributed by atoms with Gasteiger partial charge >= 0.3 is 0 Å². The molecule has 2 N–H and O–H groups in total. The van der Waals surface area contributed by atoms with Crippen molar-refractivity contribution in [3.8, 4) is 11.5 Å². The van der Waals surface area contributed by atoms with Crippen LogP contribution in [0.25, 0.3) is 0 Å². The van der Waals surface area contributed by atoms with Crippen molar-refractivity contribution >= 4 is 17.7 Å². The maximum Gasteiger partial charge on any atom is 0.244 e. The van der Waals surface area contributed by atoms with Gasteiger partial charge in [0.1, 0.15) is 18.0 Å². The largest absolute Gasteiger partial charge is 0.457 e. The van der Waals surface area contributed by atoms with Gasteiger partial charge in [0.05, 0.1) is 18.8 Å². The molecule has 0 radical (unpaired) electrons. The lowest BCUT2D eigenvalue weighted by molar-refractivity contribution is -0.131. The molecule has 1 aromatic heterocycles. The Morgan fingerprint density at radius 2 is 1.82 bits per heavy atom. The standard InChI is InChI=1S/C28H31N5O5/c34-26-10-7-20-5-8-22(9-6-20)38-23-4-1-3-21(15-23)19-37-25-17-32(28(36)18-33-14-2-12-30-33)16-24(25)31-27(35)11-13-29-26/h1-6,8-9,12,14-15,24-25H,7,10-11,13,16-19H2,(H,29,34)(H,31,35)/t24-,25-/m0/s1. The molecular formula is C28H31N5O5. The summed E-state index contributed by atoms with van der Waals surface area (Å²) < 4.78 is 13.8. The minimum absolute atomic E-state index is 0.0990. The Labute approximate surface area is 220 Å². The molecule has 0 aliphatic carbocycles. The normalized spacial score (nSPS) is 20.7. The van der Waals surface area contributed by atoms with Gasteiger partial charge in [0, 0.05) is 44.9 Å². The Morgan fingerprint density at radius 1 is 0.947 bits per heavy atom. The zero-order valence-electron chi connectivity index (χ0n) is 21.0. The van der Waals surface area contributed by atoms with Gasteiger partial charge < -0.3 is 25.0 Å². The van der Waals surface area contributed by atoms with Crippen LogP contribution in [0.3, 0.4) is 0 Å². The number of likely N-dealkylation sites (tertiary alicyclic amines) is 1. The third-order valence-electron chi connectivity index (χ3n) is 6.66. The predicted octanol–water partition coefficient (Wildman–Crippen LogP) is 2.04. The summed E-state index contributed by atoms with van der Waals surface area (Å²) in [7, 11) is 0. The van der Waals surface area contributed by atoms with Crippen LogP contribution in [0.2, 0.25) is 0 Å². The van der Waals surface area contributed by atoms with E-state index in [0.29, 0.717) is 44.0 Å². The van der Waals surface area contributed by atoms with Crippen molar-refractivity contribution in [3.63, 3.8) is 0 Å². The first-order valence-corrected chi connectivity index (χ1v) is 12.8. The molecule has 6 rings (SSSR count). The second-order valence-corrected chi connectivity index (χ2v) is 9.52. The first-order chi connectivity index (χ1) is 18.5. The van der Waals surface area contributed by atoms with Crippen molar-refractivity contribution in [2.75, 3.05) is 19.6 Å². The van der Waals surface area contributed by atoms with Gasteiger partial charge in [0.15, 0.2) is 0 Å². The Kier molecular flexibility index (Phi) is 7.98. The van der Waals surface area contributed by atoms with Crippen molar-refractivity contribution in [1.82, 2.24) is 25.3 Å². The highest BCUT2D eigenvalue weighted by Crippen LogP contribution is 2.24. The van der Waals surface area contributed by atoms with Crippen molar-refractivity contribution in [2.45, 2.75) is 44.6 Å². The van der Waals surface area contributed by atoms with Crippen LogP contribution >= 0.6 is 0 Å². The van der Waals surface area contributed by atoms with Gasteiger partial charge in [0.25, 0.3) is 0 Å². The Hall–Kier alpha value is -4.18. The van der Waals surface area contributed by atoms with Crippen LogP contribution in [0.4, 0.5) is 0 Å². The van der Waals surface area contributed by atoms with Gasteiger partial charge in [-0.1, -0.05) is 24.3 Å². The van der Waals surface area contributed by atoms with Crippen LogP contribution in [-0.4, -0.2) is 64.2 Å². The van der Waals surface area contributed by atoms with Crippen LogP contribution < -0.4 is 15.4 Å². The zero-order valence-corrected chi connectivity index (χ0v) is 21.0. The summed E-state index contributed by atoms with van der Waals surface area (Å²) in [5, 5.41) is 9.93. The number of ether oxygens (including phenoxy) is 2. The van der Waals surface area contributed by atoms with Crippen molar-refractivity contribution < 1.29 is 23.9 Å². The highest BCUT2D eigenvalue weighted by molar-refractivity contribution is 5.80. The molecular weight excluding hydrogens is 486 g/mol. The summed E-state index contributed by atoms with van der Waals surface area (Å²) in [6, 6.07) is 16.7. The number of hydrogen-bond donors (Lipinski definition) is 2. The topological polar surface area (TPSA) is 115 Å². The number of carbonyl (C=O) groups is 3. The fourth-order valence-corrected chi connectivity index (χ4v) is 4.62. The van der Waals surface area contributed by atoms with E-state index in [0.717, 1.165) is 11.1 Å². The maximum absolute atomic E-state index is 12.9. The molecule has 3 amide bonds. The fourth-order valence-electron chi connectivity index (χ4n) is 4.62. The Morgan fingerprint density at radius 3 is 2.63 bits per heavy atom. The molecule has 2 atom stereocenters. The van der Waals surface area contributed by atoms with E-state index in [2.05, 4.69) is 15.7 Å². The second-order valence-electron chi connectivity index (χ2n) is 9.52. The average molecular weight is 518 g/mol. The average Bonchev–Trinajstić information content (AvgIpc) is 3.57. The number of amides is 3. The molecule has 10 heteroatoms. The second kappa shape index (κ2) is 11.9. The number of aromatic nitrogens is 2. The molecule has 1 saturated heterocycles. The first kappa shape index (κ1) is 25.5. The number of carbonyl (C=O) groups excluding carboxylic acids is 3. The van der Waals surface area contributed by atoms with Gasteiger partial charge in [-0.3, -0.25) is 19.1 Å². The monoisotopic (exact) mass is 517 g/mol. The molecule has 198 valence electrons. The lowest BCUT2D eigenvalue weighted by Crippen LogP contribution is -2.45. The SMILES string of the molecule is O=C1CCc2ccc(cc2)Oc2cccc(c2)CO[C@H]2CN(C(=O)Cn3cccn3)C[C@@H]2NC(=O)CCN1. The van der Waals surface area contributed by atoms with Gasteiger partial charge in [-0.05, 0) is 47.9 Å². The van der Waals surface area contributed by atoms with E-state index in [1.807, 2.05) is 48.5 Å². The fraction of sp³-hybridized carbons (Fsp3) is 0.357. The molecule has 3 aliphatic rings. The number of hydrogen-bond acceptors (Lipinski definition) is 6. The summed E-state index contributed by atoms with van der Waals surface area (Å²) in [4.78, 5) is 39.6. The van der Waals surface area contributed by atoms with E-state index >= 15 is 0 Å². The summed E-state index contributed by atoms with van der Waals surface area (Å²) in [5.41, 5.74) is 1.95. The van der Waals surface area contributed by atoms with Crippen molar-refractivity contribution in [3.05, 3.63) is 78.1 Å². The minimum atomic E-state index is -0.391. The number of benzene rings is 2. The van der Waals surface area contributed by atoms with E-state index in [4.69, 9.17) is 9.47 Å². The smallest absolute Gasteiger partial charge is 0.244 e. The van der Waals surface area contributed by atoms with E-state index in [-0.39, 0.29) is 43.3 Å². The summed E-state index contributed by atoms with van der Waals surface area (Å²) in [6.07, 6.45) is 4.04. The van der Waals surface area contributed by atoms with Gasteiger partial charge in [-0.25, -0.2) is 0 Å². The maximum atomic E-state index is 12.9. The predicted molar refractivity (Wildman–Crippen MR) is 138 cm³/mol. The van der Waals surface area contributed by atoms with Crippen LogP contribution in [0.5, 0.6) is 11.5 Å². The molecule has 2 aromatic carbocycles. The number of fused-ring (bicyclic) bond motifs is 10. The Bertz CT molecular complexity index is 1260. The van der Waals surface area contributed by atoms with Crippen LogP contribution in [0.15, 0.2) is 67.0 Å². The third-order valence-corrected chi connectivity index (χ3v) is 6.66.